The average Bonchev–Trinajstić information content (AvgIpc) is 3.30. The minimum atomic E-state index is -0.719. The summed E-state index contributed by atoms with van der Waals surface area (Å²) in [4.78, 5) is 63.7. The van der Waals surface area contributed by atoms with E-state index in [1.165, 1.54) is 24.3 Å². The van der Waals surface area contributed by atoms with Crippen molar-refractivity contribution < 1.29 is 61.9 Å². The van der Waals surface area contributed by atoms with Crippen LogP contribution in [-0.2, 0) is 23.8 Å². The standard InChI is InChI=1S/C74H81NO13/c1-3-70(76)84-46-22-15-11-7-5-10-14-20-44-82-65-40-36-59-50-63(32-30-61(59)52-65)73(79)88-69-42-41-67(87-72(78)62-31-29-60-51-66(39-35-58(60)49-62)83-45-21-17-18-23-47-85-71(77)4-2)53-68(69)74(80)86-48-24-16-12-8-6-9-13-19-43-81-64-37-33-57(34-38-64)56-27-25-55(54-75)26-28-56/h3-4,25-42,49-53H,1-2,5-24,43-48H2. The van der Waals surface area contributed by atoms with Crippen molar-refractivity contribution in [1.82, 2.24) is 0 Å². The predicted octanol–water partition coefficient (Wildman–Crippen LogP) is 17.2. The molecule has 0 amide bonds. The molecule has 0 heterocycles. The Morgan fingerprint density at radius 2 is 0.716 bits per heavy atom. The van der Waals surface area contributed by atoms with Crippen molar-refractivity contribution in [3.8, 4) is 45.9 Å². The van der Waals surface area contributed by atoms with E-state index in [1.54, 1.807) is 24.3 Å². The van der Waals surface area contributed by atoms with Gasteiger partial charge in [-0.15, -0.1) is 0 Å². The molecule has 0 aliphatic carbocycles. The maximum atomic E-state index is 13.9. The van der Waals surface area contributed by atoms with Gasteiger partial charge in [-0.1, -0.05) is 139 Å². The van der Waals surface area contributed by atoms with E-state index < -0.39 is 23.9 Å². The number of nitriles is 1. The largest absolute Gasteiger partial charge is 0.494 e. The molecule has 7 aromatic carbocycles. The molecule has 0 atom stereocenters. The molecule has 0 aromatic heterocycles. The Kier molecular flexibility index (Phi) is 28.2. The molecular formula is C74H81NO13. The van der Waals surface area contributed by atoms with Crippen molar-refractivity contribution in [2.75, 3.05) is 39.6 Å². The van der Waals surface area contributed by atoms with Gasteiger partial charge in [-0.25, -0.2) is 24.0 Å². The van der Waals surface area contributed by atoms with Crippen molar-refractivity contribution in [2.45, 2.75) is 128 Å². The number of hydrogen-bond donors (Lipinski definition) is 0. The molecule has 0 fully saturated rings. The Hall–Kier alpha value is -9.22. The van der Waals surface area contributed by atoms with Crippen LogP contribution >= 0.6 is 0 Å². The molecule has 0 bridgehead atoms. The van der Waals surface area contributed by atoms with Gasteiger partial charge in [-0.05, 0) is 175 Å². The normalized spacial score (nSPS) is 10.9. The maximum Gasteiger partial charge on any atom is 0.343 e. The van der Waals surface area contributed by atoms with Crippen LogP contribution in [0, 0.1) is 11.3 Å². The summed E-state index contributed by atoms with van der Waals surface area (Å²) in [6, 6.07) is 43.8. The lowest BCUT2D eigenvalue weighted by atomic mass is 10.0. The van der Waals surface area contributed by atoms with E-state index in [0.29, 0.717) is 56.3 Å². The van der Waals surface area contributed by atoms with E-state index in [9.17, 15) is 24.0 Å². The number of carbonyl (C=O) groups is 5. The van der Waals surface area contributed by atoms with Crippen molar-refractivity contribution in [2.24, 2.45) is 0 Å². The molecule has 0 N–H and O–H groups in total. The number of esters is 5. The summed E-state index contributed by atoms with van der Waals surface area (Å²) in [6.07, 6.45) is 22.0. The highest BCUT2D eigenvalue weighted by atomic mass is 16.6. The topological polar surface area (TPSA) is 183 Å². The molecule has 14 heteroatoms. The summed E-state index contributed by atoms with van der Waals surface area (Å²) in [7, 11) is 0. The first kappa shape index (κ1) is 66.3. The van der Waals surface area contributed by atoms with Crippen LogP contribution in [0.4, 0.5) is 0 Å². The molecule has 7 aromatic rings. The predicted molar refractivity (Wildman–Crippen MR) is 342 cm³/mol. The zero-order chi connectivity index (χ0) is 62.0. The van der Waals surface area contributed by atoms with E-state index >= 15 is 0 Å². The number of carbonyl (C=O) groups excluding carboxylic acids is 5. The van der Waals surface area contributed by atoms with Gasteiger partial charge in [0.1, 0.15) is 34.3 Å². The maximum absolute atomic E-state index is 13.9. The third-order valence-corrected chi connectivity index (χ3v) is 14.9. The molecule has 0 saturated carbocycles. The van der Waals surface area contributed by atoms with Crippen LogP contribution in [0.5, 0.6) is 28.7 Å². The Labute approximate surface area is 517 Å². The van der Waals surface area contributed by atoms with E-state index in [4.69, 9.17) is 43.2 Å². The van der Waals surface area contributed by atoms with Crippen LogP contribution in [-0.4, -0.2) is 69.5 Å². The molecule has 7 rings (SSSR count). The van der Waals surface area contributed by atoms with Gasteiger partial charge < -0.3 is 37.9 Å². The number of nitrogens with zero attached hydrogens (tertiary/aromatic N) is 1. The van der Waals surface area contributed by atoms with Crippen molar-refractivity contribution in [3.05, 3.63) is 187 Å². The fraction of sp³-hybridized carbons (Fsp3) is 0.351. The number of ether oxygens (including phenoxy) is 8. The highest BCUT2D eigenvalue weighted by molar-refractivity contribution is 6.00. The fourth-order valence-corrected chi connectivity index (χ4v) is 9.87. The molecule has 0 aliphatic rings. The Bertz CT molecular complexity index is 3440. The zero-order valence-electron chi connectivity index (χ0n) is 50.5. The van der Waals surface area contributed by atoms with Crippen molar-refractivity contribution in [3.63, 3.8) is 0 Å². The number of rotatable bonds is 40. The molecular weight excluding hydrogens is 1110 g/mol. The Balaban J connectivity index is 0.874. The van der Waals surface area contributed by atoms with Crippen LogP contribution < -0.4 is 23.7 Å². The molecule has 0 unspecified atom stereocenters. The van der Waals surface area contributed by atoms with Crippen LogP contribution in [0.1, 0.15) is 165 Å². The van der Waals surface area contributed by atoms with E-state index in [-0.39, 0.29) is 35.2 Å². The second kappa shape index (κ2) is 37.4. The highest BCUT2D eigenvalue weighted by Crippen LogP contribution is 2.30. The molecule has 0 radical (unpaired) electrons. The number of benzene rings is 7. The minimum Gasteiger partial charge on any atom is -0.494 e. The third-order valence-electron chi connectivity index (χ3n) is 14.9. The lowest BCUT2D eigenvalue weighted by Gasteiger charge is -2.13. The third kappa shape index (κ3) is 22.9. The van der Waals surface area contributed by atoms with Crippen molar-refractivity contribution in [1.29, 1.82) is 5.26 Å². The number of hydrogen-bond acceptors (Lipinski definition) is 14. The lowest BCUT2D eigenvalue weighted by molar-refractivity contribution is -0.138. The average molecular weight is 1190 g/mol. The summed E-state index contributed by atoms with van der Waals surface area (Å²) in [5.41, 5.74) is 3.26. The van der Waals surface area contributed by atoms with Gasteiger partial charge in [0.05, 0.1) is 62.4 Å². The second-order valence-corrected chi connectivity index (χ2v) is 21.6. The van der Waals surface area contributed by atoms with Crippen molar-refractivity contribution >= 4 is 51.4 Å². The summed E-state index contributed by atoms with van der Waals surface area (Å²) < 4.78 is 45.6. The number of unbranched alkanes of at least 4 members (excludes halogenated alkanes) is 17. The molecule has 14 nitrogen and oxygen atoms in total. The summed E-state index contributed by atoms with van der Waals surface area (Å²) in [6.45, 7) is 9.55. The monoisotopic (exact) mass is 1190 g/mol. The lowest BCUT2D eigenvalue weighted by Crippen LogP contribution is -2.14. The van der Waals surface area contributed by atoms with Gasteiger partial charge >= 0.3 is 29.8 Å². The van der Waals surface area contributed by atoms with Crippen LogP contribution in [0.15, 0.2) is 165 Å². The number of fused-ring (bicyclic) bond motifs is 2. The second-order valence-electron chi connectivity index (χ2n) is 21.6. The van der Waals surface area contributed by atoms with Gasteiger partial charge in [-0.3, -0.25) is 0 Å². The first-order valence-corrected chi connectivity index (χ1v) is 31.0. The Morgan fingerprint density at radius 1 is 0.352 bits per heavy atom. The van der Waals surface area contributed by atoms with Gasteiger partial charge in [0.25, 0.3) is 0 Å². The molecule has 0 aliphatic heterocycles. The van der Waals surface area contributed by atoms with E-state index in [0.717, 1.165) is 172 Å². The van der Waals surface area contributed by atoms with Gasteiger partial charge in [0.15, 0.2) is 0 Å². The fourth-order valence-electron chi connectivity index (χ4n) is 9.87. The van der Waals surface area contributed by atoms with E-state index in [2.05, 4.69) is 19.2 Å². The summed E-state index contributed by atoms with van der Waals surface area (Å²) >= 11 is 0. The van der Waals surface area contributed by atoms with Crippen LogP contribution in [0.25, 0.3) is 32.7 Å². The molecule has 0 spiro atoms. The molecule has 460 valence electrons. The first-order chi connectivity index (χ1) is 43.1. The van der Waals surface area contributed by atoms with Gasteiger partial charge in [0, 0.05) is 12.2 Å². The first-order valence-electron chi connectivity index (χ1n) is 31.0. The highest BCUT2D eigenvalue weighted by Gasteiger charge is 2.21. The summed E-state index contributed by atoms with van der Waals surface area (Å²) in [5, 5.41) is 12.4. The SMILES string of the molecule is C=CC(=O)OCCCCCCCCCCOc1ccc2cc(C(=O)Oc3ccc(OC(=O)c4ccc5cc(OCCCCCCOC(=O)C=C)ccc5c4)cc3C(=O)OCCCCCCCCCCOc3ccc(-c4ccc(C#N)cc4)cc3)ccc2c1. The van der Waals surface area contributed by atoms with E-state index in [1.807, 2.05) is 97.1 Å². The smallest absolute Gasteiger partial charge is 0.343 e. The minimum absolute atomic E-state index is 0.0411. The molecule has 88 heavy (non-hydrogen) atoms. The van der Waals surface area contributed by atoms with Crippen LogP contribution in [0.3, 0.4) is 0 Å². The zero-order valence-corrected chi connectivity index (χ0v) is 50.5. The molecule has 0 saturated heterocycles. The van der Waals surface area contributed by atoms with Gasteiger partial charge in [-0.2, -0.15) is 5.26 Å². The van der Waals surface area contributed by atoms with Crippen LogP contribution in [0.2, 0.25) is 0 Å². The Morgan fingerprint density at radius 3 is 1.17 bits per heavy atom. The quantitative estimate of drug-likeness (QED) is 0.0116. The van der Waals surface area contributed by atoms with Gasteiger partial charge in [0.2, 0.25) is 0 Å². The summed E-state index contributed by atoms with van der Waals surface area (Å²) in [5.74, 6) is -0.531.